The number of rotatable bonds is 2. The molecule has 3 atom stereocenters. The molecule has 2 aliphatic carbocycles. The molecule has 0 N–H and O–H groups in total. The Labute approximate surface area is 131 Å². The van der Waals surface area contributed by atoms with Crippen LogP contribution in [-0.4, -0.2) is 5.78 Å². The van der Waals surface area contributed by atoms with E-state index in [1.165, 1.54) is 16.7 Å². The molecule has 110 valence electrons. The van der Waals surface area contributed by atoms with Gasteiger partial charge in [-0.15, -0.1) is 0 Å². The number of allylic oxidation sites excluding steroid dienone is 2. The van der Waals surface area contributed by atoms with Crippen LogP contribution in [0.4, 0.5) is 0 Å². The first kappa shape index (κ1) is 13.5. The third kappa shape index (κ3) is 2.21. The van der Waals surface area contributed by atoms with Gasteiger partial charge in [-0.1, -0.05) is 73.2 Å². The highest BCUT2D eigenvalue weighted by molar-refractivity contribution is 5.98. The molecule has 1 nitrogen and oxygen atoms in total. The predicted octanol–water partition coefficient (Wildman–Crippen LogP) is 4.85. The van der Waals surface area contributed by atoms with Crippen molar-refractivity contribution in [3.63, 3.8) is 0 Å². The monoisotopic (exact) mass is 288 g/mol. The van der Waals surface area contributed by atoms with E-state index >= 15 is 0 Å². The van der Waals surface area contributed by atoms with Gasteiger partial charge in [-0.2, -0.15) is 0 Å². The lowest BCUT2D eigenvalue weighted by Crippen LogP contribution is -2.36. The Morgan fingerprint density at radius 3 is 2.23 bits per heavy atom. The van der Waals surface area contributed by atoms with Crippen molar-refractivity contribution in [1.82, 2.24) is 0 Å². The zero-order valence-corrected chi connectivity index (χ0v) is 12.6. The Hall–Kier alpha value is -2.15. The summed E-state index contributed by atoms with van der Waals surface area (Å²) in [5, 5.41) is 0. The first-order valence-corrected chi connectivity index (χ1v) is 8.20. The molecule has 0 heterocycles. The second-order valence-corrected chi connectivity index (χ2v) is 6.42. The fraction of sp³-hybridized carbons (Fsp3) is 0.286. The van der Waals surface area contributed by atoms with Gasteiger partial charge in [0.1, 0.15) is 5.78 Å². The van der Waals surface area contributed by atoms with Crippen LogP contribution < -0.4 is 0 Å². The number of fused-ring (bicyclic) bond motifs is 2. The second-order valence-electron chi connectivity index (χ2n) is 6.42. The highest BCUT2D eigenvalue weighted by Gasteiger charge is 2.41. The van der Waals surface area contributed by atoms with Gasteiger partial charge in [0.15, 0.2) is 0 Å². The maximum atomic E-state index is 12.9. The quantitative estimate of drug-likeness (QED) is 0.772. The Bertz CT molecular complexity index is 699. The fourth-order valence-electron chi connectivity index (χ4n) is 4.11. The van der Waals surface area contributed by atoms with Crippen molar-refractivity contribution in [3.8, 4) is 0 Å². The molecule has 2 aromatic carbocycles. The van der Waals surface area contributed by atoms with E-state index in [2.05, 4.69) is 54.6 Å². The molecule has 0 aliphatic heterocycles. The number of carbonyl (C=O) groups is 1. The summed E-state index contributed by atoms with van der Waals surface area (Å²) in [5.41, 5.74) is 3.73. The standard InChI is InChI=1S/C21H20O/c22-21-17-12-7-13-18(21)20(16-10-5-2-6-11-16)14-19(17)15-8-3-1-4-9-15/h1-6,8-11,14,17-19H,7,12-13H2/t17-,18-,19+/m0/s1. The molecular weight excluding hydrogens is 268 g/mol. The molecule has 1 saturated carbocycles. The van der Waals surface area contributed by atoms with Crippen LogP contribution >= 0.6 is 0 Å². The number of hydrogen-bond donors (Lipinski definition) is 0. The molecular formula is C21H20O. The van der Waals surface area contributed by atoms with Gasteiger partial charge in [0.05, 0.1) is 0 Å². The lowest BCUT2D eigenvalue weighted by atomic mass is 9.64. The van der Waals surface area contributed by atoms with Gasteiger partial charge in [-0.3, -0.25) is 4.79 Å². The maximum absolute atomic E-state index is 12.9. The minimum Gasteiger partial charge on any atom is -0.299 e. The van der Waals surface area contributed by atoms with E-state index in [0.717, 1.165) is 19.3 Å². The van der Waals surface area contributed by atoms with E-state index in [9.17, 15) is 4.79 Å². The minimum absolute atomic E-state index is 0.112. The minimum atomic E-state index is 0.112. The fourth-order valence-corrected chi connectivity index (χ4v) is 4.11. The van der Waals surface area contributed by atoms with Crippen molar-refractivity contribution in [1.29, 1.82) is 0 Å². The van der Waals surface area contributed by atoms with Crippen LogP contribution in [0.1, 0.15) is 36.3 Å². The highest BCUT2D eigenvalue weighted by atomic mass is 16.1. The van der Waals surface area contributed by atoms with Gasteiger partial charge in [-0.05, 0) is 29.5 Å². The van der Waals surface area contributed by atoms with Crippen molar-refractivity contribution >= 4 is 11.4 Å². The topological polar surface area (TPSA) is 17.1 Å². The third-order valence-corrected chi connectivity index (χ3v) is 5.18. The zero-order valence-electron chi connectivity index (χ0n) is 12.6. The number of ketones is 1. The Morgan fingerprint density at radius 2 is 1.50 bits per heavy atom. The van der Waals surface area contributed by atoms with Crippen molar-refractivity contribution in [2.75, 3.05) is 0 Å². The number of Topliss-reactive ketones (excluding diaryl/α,β-unsaturated/α-hetero) is 1. The first-order valence-electron chi connectivity index (χ1n) is 8.20. The van der Waals surface area contributed by atoms with Crippen LogP contribution in [-0.2, 0) is 4.79 Å². The molecule has 0 amide bonds. The molecule has 4 rings (SSSR count). The second kappa shape index (κ2) is 5.57. The Morgan fingerprint density at radius 1 is 0.818 bits per heavy atom. The van der Waals surface area contributed by atoms with Crippen molar-refractivity contribution in [2.45, 2.75) is 25.2 Å². The van der Waals surface area contributed by atoms with Crippen LogP contribution in [0.25, 0.3) is 5.57 Å². The number of benzene rings is 2. The van der Waals surface area contributed by atoms with E-state index in [0.29, 0.717) is 5.78 Å². The average Bonchev–Trinajstić information content (AvgIpc) is 2.57. The van der Waals surface area contributed by atoms with Crippen LogP contribution in [0.15, 0.2) is 66.7 Å². The van der Waals surface area contributed by atoms with Crippen LogP contribution in [0, 0.1) is 11.8 Å². The van der Waals surface area contributed by atoms with Crippen LogP contribution in [0.5, 0.6) is 0 Å². The number of hydrogen-bond acceptors (Lipinski definition) is 1. The van der Waals surface area contributed by atoms with Crippen molar-refractivity contribution in [2.24, 2.45) is 11.8 Å². The summed E-state index contributed by atoms with van der Waals surface area (Å²) in [6.45, 7) is 0. The Kier molecular flexibility index (Phi) is 3.42. The average molecular weight is 288 g/mol. The van der Waals surface area contributed by atoms with Gasteiger partial charge < -0.3 is 0 Å². The van der Waals surface area contributed by atoms with Gasteiger partial charge in [-0.25, -0.2) is 0 Å². The summed E-state index contributed by atoms with van der Waals surface area (Å²) < 4.78 is 0. The summed E-state index contributed by atoms with van der Waals surface area (Å²) in [6, 6.07) is 20.9. The Balaban J connectivity index is 1.84. The molecule has 0 unspecified atom stereocenters. The predicted molar refractivity (Wildman–Crippen MR) is 89.4 cm³/mol. The largest absolute Gasteiger partial charge is 0.299 e. The van der Waals surface area contributed by atoms with Gasteiger partial charge in [0, 0.05) is 17.8 Å². The molecule has 2 bridgehead atoms. The lowest BCUT2D eigenvalue weighted by molar-refractivity contribution is -0.128. The molecule has 2 aliphatic rings. The van der Waals surface area contributed by atoms with Crippen molar-refractivity contribution in [3.05, 3.63) is 77.9 Å². The molecule has 1 heteroatoms. The smallest absolute Gasteiger partial charge is 0.144 e. The highest BCUT2D eigenvalue weighted by Crippen LogP contribution is 2.47. The molecule has 22 heavy (non-hydrogen) atoms. The first-order chi connectivity index (χ1) is 10.8. The molecule has 0 spiro atoms. The van der Waals surface area contributed by atoms with E-state index in [1.807, 2.05) is 12.1 Å². The summed E-state index contributed by atoms with van der Waals surface area (Å²) in [4.78, 5) is 12.9. The van der Waals surface area contributed by atoms with E-state index in [-0.39, 0.29) is 17.8 Å². The summed E-state index contributed by atoms with van der Waals surface area (Å²) in [6.07, 6.45) is 5.58. The SMILES string of the molecule is O=C1[C@H]2CCC[C@H]1[C@@H](c1ccccc1)C=C2c1ccccc1. The lowest BCUT2D eigenvalue weighted by Gasteiger charge is -2.38. The van der Waals surface area contributed by atoms with Crippen molar-refractivity contribution < 1.29 is 4.79 Å². The van der Waals surface area contributed by atoms with E-state index < -0.39 is 0 Å². The normalized spacial score (nSPS) is 27.4. The summed E-state index contributed by atoms with van der Waals surface area (Å²) in [7, 11) is 0. The number of carbonyl (C=O) groups excluding carboxylic acids is 1. The molecule has 0 aromatic heterocycles. The van der Waals surface area contributed by atoms with E-state index in [4.69, 9.17) is 0 Å². The molecule has 0 saturated heterocycles. The van der Waals surface area contributed by atoms with Gasteiger partial charge in [0.25, 0.3) is 0 Å². The van der Waals surface area contributed by atoms with Gasteiger partial charge in [0.2, 0.25) is 0 Å². The third-order valence-electron chi connectivity index (χ3n) is 5.18. The summed E-state index contributed by atoms with van der Waals surface area (Å²) in [5.74, 6) is 0.983. The van der Waals surface area contributed by atoms with Crippen LogP contribution in [0.3, 0.4) is 0 Å². The molecule has 1 fully saturated rings. The van der Waals surface area contributed by atoms with Crippen LogP contribution in [0.2, 0.25) is 0 Å². The van der Waals surface area contributed by atoms with E-state index in [1.54, 1.807) is 0 Å². The molecule has 0 radical (unpaired) electrons. The summed E-state index contributed by atoms with van der Waals surface area (Å²) >= 11 is 0. The zero-order chi connectivity index (χ0) is 14.9. The molecule has 2 aromatic rings. The maximum Gasteiger partial charge on any atom is 0.144 e. The van der Waals surface area contributed by atoms with Gasteiger partial charge >= 0.3 is 0 Å².